The quantitative estimate of drug-likeness (QED) is 0.852. The number of hydrogen-bond acceptors (Lipinski definition) is 1. The van der Waals surface area contributed by atoms with E-state index in [-0.39, 0.29) is 11.5 Å². The van der Waals surface area contributed by atoms with Crippen molar-refractivity contribution in [1.29, 1.82) is 0 Å². The van der Waals surface area contributed by atoms with Crippen molar-refractivity contribution < 1.29 is 4.39 Å². The van der Waals surface area contributed by atoms with Gasteiger partial charge in [-0.2, -0.15) is 0 Å². The first-order valence-corrected chi connectivity index (χ1v) is 7.32. The summed E-state index contributed by atoms with van der Waals surface area (Å²) in [5.74, 6) is 0. The molecular weight excluding hydrogens is 237 g/mol. The van der Waals surface area contributed by atoms with Crippen molar-refractivity contribution in [2.45, 2.75) is 70.0 Å². The Bertz CT molecular complexity index is 418. The average Bonchev–Trinajstić information content (AvgIpc) is 2.27. The van der Waals surface area contributed by atoms with Gasteiger partial charge in [0.05, 0.1) is 0 Å². The van der Waals surface area contributed by atoms with Gasteiger partial charge in [0.1, 0.15) is 5.67 Å². The topological polar surface area (TPSA) is 26.0 Å². The maximum absolute atomic E-state index is 14.8. The summed E-state index contributed by atoms with van der Waals surface area (Å²) >= 11 is 0. The number of halogens is 1. The first-order chi connectivity index (χ1) is 8.78. The minimum Gasteiger partial charge on any atom is -0.328 e. The van der Waals surface area contributed by atoms with Crippen molar-refractivity contribution in [1.82, 2.24) is 0 Å². The van der Waals surface area contributed by atoms with Crippen molar-refractivity contribution in [3.8, 4) is 0 Å². The van der Waals surface area contributed by atoms with Crippen LogP contribution in [-0.2, 0) is 11.8 Å². The zero-order valence-corrected chi connectivity index (χ0v) is 12.4. The zero-order valence-electron chi connectivity index (χ0n) is 12.4. The molecule has 0 amide bonds. The molecule has 1 fully saturated rings. The van der Waals surface area contributed by atoms with Crippen LogP contribution in [0.4, 0.5) is 4.39 Å². The fraction of sp³-hybridized carbons (Fsp3) is 0.647. The van der Waals surface area contributed by atoms with Crippen molar-refractivity contribution in [2.75, 3.05) is 0 Å². The number of benzene rings is 1. The van der Waals surface area contributed by atoms with Crippen LogP contribution in [-0.4, -0.2) is 11.7 Å². The molecule has 2 heteroatoms. The summed E-state index contributed by atoms with van der Waals surface area (Å²) in [4.78, 5) is 0. The maximum Gasteiger partial charge on any atom is 0.116 e. The van der Waals surface area contributed by atoms with Gasteiger partial charge in [0.2, 0.25) is 0 Å². The maximum atomic E-state index is 14.8. The van der Waals surface area contributed by atoms with Gasteiger partial charge in [-0.3, -0.25) is 0 Å². The highest BCUT2D eigenvalue weighted by Crippen LogP contribution is 2.34. The van der Waals surface area contributed by atoms with Crippen molar-refractivity contribution in [3.63, 3.8) is 0 Å². The van der Waals surface area contributed by atoms with E-state index in [1.54, 1.807) is 0 Å². The van der Waals surface area contributed by atoms with E-state index in [4.69, 9.17) is 5.73 Å². The van der Waals surface area contributed by atoms with E-state index in [9.17, 15) is 4.39 Å². The molecule has 1 saturated carbocycles. The van der Waals surface area contributed by atoms with Gasteiger partial charge >= 0.3 is 0 Å². The Balaban J connectivity index is 2.07. The molecule has 0 aromatic heterocycles. The van der Waals surface area contributed by atoms with Crippen molar-refractivity contribution in [2.24, 2.45) is 5.73 Å². The van der Waals surface area contributed by atoms with Crippen LogP contribution in [0.5, 0.6) is 0 Å². The molecule has 1 aliphatic rings. The second kappa shape index (κ2) is 5.24. The lowest BCUT2D eigenvalue weighted by molar-refractivity contribution is 0.0965. The molecule has 1 aromatic rings. The van der Waals surface area contributed by atoms with Crippen LogP contribution >= 0.6 is 0 Å². The molecule has 2 atom stereocenters. The van der Waals surface area contributed by atoms with Gasteiger partial charge in [0.15, 0.2) is 0 Å². The monoisotopic (exact) mass is 263 g/mol. The molecule has 0 radical (unpaired) electrons. The predicted octanol–water partition coefficient (Wildman–Crippen LogP) is 4.14. The van der Waals surface area contributed by atoms with Crippen LogP contribution in [0.15, 0.2) is 24.3 Å². The summed E-state index contributed by atoms with van der Waals surface area (Å²) in [6.45, 7) is 6.58. The molecule has 106 valence electrons. The van der Waals surface area contributed by atoms with Crippen LogP contribution < -0.4 is 5.73 Å². The smallest absolute Gasteiger partial charge is 0.116 e. The molecule has 0 heterocycles. The van der Waals surface area contributed by atoms with E-state index >= 15 is 0 Å². The van der Waals surface area contributed by atoms with Gasteiger partial charge in [-0.05, 0) is 42.2 Å². The molecule has 0 aliphatic heterocycles. The lowest BCUT2D eigenvalue weighted by atomic mass is 9.79. The summed E-state index contributed by atoms with van der Waals surface area (Å²) in [5.41, 5.74) is 7.34. The van der Waals surface area contributed by atoms with Crippen LogP contribution in [0.2, 0.25) is 0 Å². The Morgan fingerprint density at radius 3 is 2.42 bits per heavy atom. The standard InChI is InChI=1S/C17H26FN/c1-16(2,3)14-8-6-13(7-9-14)11-17(18)10-4-5-15(19)12-17/h6-9,15H,4-5,10-12,19H2,1-3H3. The molecule has 1 aliphatic carbocycles. The average molecular weight is 263 g/mol. The number of hydrogen-bond donors (Lipinski definition) is 1. The minimum absolute atomic E-state index is 0.0348. The van der Waals surface area contributed by atoms with E-state index in [0.29, 0.717) is 19.3 Å². The van der Waals surface area contributed by atoms with Crippen LogP contribution in [0.1, 0.15) is 57.6 Å². The van der Waals surface area contributed by atoms with Gasteiger partial charge in [-0.1, -0.05) is 45.0 Å². The zero-order chi connectivity index (χ0) is 14.1. The lowest BCUT2D eigenvalue weighted by Gasteiger charge is -2.33. The third-order valence-electron chi connectivity index (χ3n) is 4.17. The highest BCUT2D eigenvalue weighted by molar-refractivity contribution is 5.28. The third-order valence-corrected chi connectivity index (χ3v) is 4.17. The second-order valence-electron chi connectivity index (χ2n) is 7.13. The Kier molecular flexibility index (Phi) is 4.00. The van der Waals surface area contributed by atoms with Crippen molar-refractivity contribution >= 4 is 0 Å². The first-order valence-electron chi connectivity index (χ1n) is 7.32. The Hall–Kier alpha value is -0.890. The lowest BCUT2D eigenvalue weighted by Crippen LogP contribution is -2.39. The Morgan fingerprint density at radius 2 is 1.89 bits per heavy atom. The van der Waals surface area contributed by atoms with Gasteiger partial charge in [-0.25, -0.2) is 4.39 Å². The molecule has 19 heavy (non-hydrogen) atoms. The molecule has 2 N–H and O–H groups in total. The normalized spacial score (nSPS) is 28.4. The van der Waals surface area contributed by atoms with E-state index < -0.39 is 5.67 Å². The summed E-state index contributed by atoms with van der Waals surface area (Å²) in [6, 6.07) is 8.43. The van der Waals surface area contributed by atoms with Crippen LogP contribution in [0.3, 0.4) is 0 Å². The highest BCUT2D eigenvalue weighted by atomic mass is 19.1. The van der Waals surface area contributed by atoms with Crippen LogP contribution in [0.25, 0.3) is 0 Å². The first kappa shape index (κ1) is 14.5. The Morgan fingerprint density at radius 1 is 1.26 bits per heavy atom. The highest BCUT2D eigenvalue weighted by Gasteiger charge is 2.35. The van der Waals surface area contributed by atoms with Crippen molar-refractivity contribution in [3.05, 3.63) is 35.4 Å². The second-order valence-corrected chi connectivity index (χ2v) is 7.13. The molecular formula is C17H26FN. The molecule has 0 bridgehead atoms. The van der Waals surface area contributed by atoms with Crippen LogP contribution in [0, 0.1) is 0 Å². The fourth-order valence-electron chi connectivity index (χ4n) is 3.00. The van der Waals surface area contributed by atoms with Gasteiger partial charge in [0.25, 0.3) is 0 Å². The number of nitrogens with two attached hydrogens (primary N) is 1. The van der Waals surface area contributed by atoms with Gasteiger partial charge < -0.3 is 5.73 Å². The fourth-order valence-corrected chi connectivity index (χ4v) is 3.00. The molecule has 0 saturated heterocycles. The predicted molar refractivity (Wildman–Crippen MR) is 79.1 cm³/mol. The summed E-state index contributed by atoms with van der Waals surface area (Å²) in [7, 11) is 0. The third kappa shape index (κ3) is 3.79. The SMILES string of the molecule is CC(C)(C)c1ccc(CC2(F)CCCC(N)C2)cc1. The summed E-state index contributed by atoms with van der Waals surface area (Å²) < 4.78 is 14.8. The number of alkyl halides is 1. The molecule has 1 nitrogen and oxygen atoms in total. The molecule has 2 unspecified atom stereocenters. The molecule has 2 rings (SSSR count). The molecule has 0 spiro atoms. The van der Waals surface area contributed by atoms with Gasteiger partial charge in [-0.15, -0.1) is 0 Å². The van der Waals surface area contributed by atoms with E-state index in [0.717, 1.165) is 18.4 Å². The number of rotatable bonds is 2. The summed E-state index contributed by atoms with van der Waals surface area (Å²) in [5, 5.41) is 0. The van der Waals surface area contributed by atoms with E-state index in [1.165, 1.54) is 5.56 Å². The van der Waals surface area contributed by atoms with E-state index in [1.807, 2.05) is 0 Å². The van der Waals surface area contributed by atoms with Gasteiger partial charge in [0, 0.05) is 12.5 Å². The van der Waals surface area contributed by atoms with E-state index in [2.05, 4.69) is 45.0 Å². The minimum atomic E-state index is -1.10. The largest absolute Gasteiger partial charge is 0.328 e. The molecule has 1 aromatic carbocycles. The summed E-state index contributed by atoms with van der Waals surface area (Å²) in [6.07, 6.45) is 3.55. The Labute approximate surface area is 116 Å².